The number of aliphatic imine (C=N–C) groups is 3. The van der Waals surface area contributed by atoms with Crippen molar-refractivity contribution in [2.24, 2.45) is 32.7 Å². The molecule has 0 bridgehead atoms. The van der Waals surface area contributed by atoms with E-state index >= 15 is 0 Å². The molecule has 0 radical (unpaired) electrons. The number of nitriles is 1. The molecule has 6 unspecified atom stereocenters. The molecule has 0 amide bonds. The molecule has 6 aromatic rings. The number of hydrogen-bond acceptors (Lipinski definition) is 25. The summed E-state index contributed by atoms with van der Waals surface area (Å²) in [5.74, 6) is -2.99. The van der Waals surface area contributed by atoms with Gasteiger partial charge in [-0.25, -0.2) is 42.5 Å². The van der Waals surface area contributed by atoms with Crippen LogP contribution in [-0.4, -0.2) is 153 Å². The third kappa shape index (κ3) is 18.3. The van der Waals surface area contributed by atoms with Crippen molar-refractivity contribution in [3.63, 3.8) is 0 Å². The summed E-state index contributed by atoms with van der Waals surface area (Å²) in [5, 5.41) is 43.0. The third-order valence-corrected chi connectivity index (χ3v) is 19.4. The molecule has 12 rings (SSSR count). The predicted molar refractivity (Wildman–Crippen MR) is 360 cm³/mol. The molecule has 6 atom stereocenters. The number of nitrogens with one attached hydrogen (secondary N) is 1. The van der Waals surface area contributed by atoms with E-state index in [0.717, 1.165) is 18.5 Å². The molecule has 25 nitrogen and oxygen atoms in total. The van der Waals surface area contributed by atoms with Crippen LogP contribution < -0.4 is 34.7 Å². The molecule has 512 valence electrons. The van der Waals surface area contributed by atoms with Gasteiger partial charge in [0, 0.05) is 104 Å². The number of ether oxygens (including phenoxy) is 4. The Morgan fingerprint density at radius 1 is 0.612 bits per heavy atom. The van der Waals surface area contributed by atoms with Crippen LogP contribution in [0.25, 0.3) is 0 Å². The Morgan fingerprint density at radius 3 is 1.21 bits per heavy atom. The number of nitrogens with zero attached hydrogens (tertiary/aromatic N) is 10. The van der Waals surface area contributed by atoms with Crippen LogP contribution in [0.3, 0.4) is 0 Å². The number of carboxylic acid groups (broad SMARTS) is 1. The van der Waals surface area contributed by atoms with Crippen LogP contribution in [0, 0.1) is 51.9 Å². The van der Waals surface area contributed by atoms with Gasteiger partial charge in [-0.3, -0.25) is 34.3 Å². The first-order valence-corrected chi connectivity index (χ1v) is 35.5. The van der Waals surface area contributed by atoms with Gasteiger partial charge in [0.2, 0.25) is 0 Å². The molecule has 0 spiro atoms. The number of carboxylic acids is 1. The van der Waals surface area contributed by atoms with E-state index in [2.05, 4.69) is 68.8 Å². The van der Waals surface area contributed by atoms with E-state index < -0.39 is 75.8 Å². The van der Waals surface area contributed by atoms with Crippen LogP contribution in [-0.2, 0) is 48.5 Å². The Hall–Kier alpha value is -6.92. The van der Waals surface area contributed by atoms with Gasteiger partial charge in [0.1, 0.15) is 35.6 Å². The molecule has 6 aliphatic rings. The zero-order valence-corrected chi connectivity index (χ0v) is 62.7. The van der Waals surface area contributed by atoms with Gasteiger partial charge in [-0.05, 0) is 73.9 Å². The summed E-state index contributed by atoms with van der Waals surface area (Å²) in [5.41, 5.74) is 4.93. The van der Waals surface area contributed by atoms with Gasteiger partial charge in [-0.15, -0.1) is 34.0 Å². The molecular weight excluding hydrogens is 1570 g/mol. The molecular formula is C62H58Br3F3N11NaO14S4. The number of rotatable bonds is 14. The topological polar surface area (TPSA) is 356 Å². The molecule has 98 heavy (non-hydrogen) atoms. The number of esters is 3. The number of aromatic nitrogens is 3. The number of halogens is 6. The van der Waals surface area contributed by atoms with Crippen molar-refractivity contribution in [2.45, 2.75) is 58.2 Å². The van der Waals surface area contributed by atoms with Crippen molar-refractivity contribution >= 4 is 139 Å². The van der Waals surface area contributed by atoms with Gasteiger partial charge in [0.25, 0.3) is 0 Å². The molecule has 9 heterocycles. The minimum atomic E-state index is -4.67. The number of benzene rings is 3. The minimum absolute atomic E-state index is 0. The SMILES string of the molecule is CCOC(=O)C1=C2CC(C#N)CN2C(c2nccs2)=NC1c1ccc(F)cc1Br.CCOC(=O)C1=C2CC(C(=N)OC)CN2C(c2nccs2)=NC1c1ccc(F)cc1Br.CCOC(=O)C1=C2CC(C(=O)O)CN2C(c2nccs2)=NC1c1ccc(F)cc1Br.C[O-].O=S(=O)(O)O.[Na+]. The molecule has 3 saturated heterocycles. The predicted octanol–water partition coefficient (Wildman–Crippen LogP) is 7.62. The monoisotopic (exact) mass is 1630 g/mol. The number of methoxy groups -OCH3 is 1. The van der Waals surface area contributed by atoms with Crippen molar-refractivity contribution < 1.29 is 109 Å². The number of carbonyl (C=O) groups excluding carboxylic acids is 3. The largest absolute Gasteiger partial charge is 1.00 e. The van der Waals surface area contributed by atoms with Crippen LogP contribution in [0.15, 0.2) is 152 Å². The maximum Gasteiger partial charge on any atom is 1.00 e. The number of carbonyl (C=O) groups is 4. The van der Waals surface area contributed by atoms with Gasteiger partial charge in [0.05, 0.1) is 67.5 Å². The van der Waals surface area contributed by atoms with Crippen LogP contribution in [0.2, 0.25) is 0 Å². The van der Waals surface area contributed by atoms with Gasteiger partial charge in [0.15, 0.2) is 38.4 Å². The van der Waals surface area contributed by atoms with Gasteiger partial charge < -0.3 is 43.9 Å². The fourth-order valence-corrected chi connectivity index (χ4v) is 14.8. The Labute approximate surface area is 619 Å². The average Bonchev–Trinajstić information content (AvgIpc) is 1.53. The molecule has 3 aromatic heterocycles. The summed E-state index contributed by atoms with van der Waals surface area (Å²) in [4.78, 5) is 83.9. The second-order valence-electron chi connectivity index (χ2n) is 20.8. The second-order valence-corrected chi connectivity index (χ2v) is 27.0. The van der Waals surface area contributed by atoms with E-state index in [1.54, 1.807) is 67.8 Å². The van der Waals surface area contributed by atoms with Crippen molar-refractivity contribution in [1.29, 1.82) is 10.7 Å². The standard InChI is InChI=1S/C21H20BrFN4O3S.C20H16BrFN4O2S.C20H17BrFN3O4S.CH3O.Na.H2O4S/c1-3-30-21(28)16-15-8-11(18(24)29-2)10-27(15)19(20-25-6-7-31-20)26-17(16)13-5-4-12(23)9-14(13)22;1-2-28-20(27)16-15-7-11(9-23)10-26(15)18(19-24-5-6-29-19)25-17(16)13-4-3-12(22)8-14(13)21;1-2-29-20(28)15-14-7-10(19(26)27)9-25(14)17(18-23-5-6-30-18)24-16(15)12-4-3-11(22)8-13(12)21;1-2;;1-5(2,3)4/h4-7,9,11,17,24H,3,8,10H2,1-2H3;3-6,8,11,17H,2,7,10H2,1H3;3-6,8,10,16H,2,7,9H2,1H3,(H,26,27);1H3;;(H2,1,2,3,4)/q;;;-1;+1;. The van der Waals surface area contributed by atoms with E-state index in [1.807, 2.05) is 20.6 Å². The van der Waals surface area contributed by atoms with Crippen LogP contribution in [0.5, 0.6) is 0 Å². The molecule has 0 aliphatic carbocycles. The number of amidine groups is 3. The molecule has 6 aliphatic heterocycles. The van der Waals surface area contributed by atoms with Crippen LogP contribution in [0.1, 0.15) is 89.9 Å². The molecule has 4 N–H and O–H groups in total. The van der Waals surface area contributed by atoms with Gasteiger partial charge in [-0.2, -0.15) is 20.8 Å². The van der Waals surface area contributed by atoms with Crippen molar-refractivity contribution in [1.82, 2.24) is 29.7 Å². The maximum atomic E-state index is 13.8. The first kappa shape index (κ1) is 78.4. The van der Waals surface area contributed by atoms with Gasteiger partial charge >= 0.3 is 63.8 Å². The molecule has 3 aromatic carbocycles. The summed E-state index contributed by atoms with van der Waals surface area (Å²) in [6, 6.07) is 12.9. The maximum absolute atomic E-state index is 13.8. The number of aliphatic carboxylic acids is 1. The first-order valence-electron chi connectivity index (χ1n) is 29.0. The number of hydrogen-bond donors (Lipinski definition) is 4. The smallest absolute Gasteiger partial charge is 0.857 e. The summed E-state index contributed by atoms with van der Waals surface area (Å²) in [6.45, 7) is 6.85. The van der Waals surface area contributed by atoms with Crippen molar-refractivity contribution in [3.05, 3.63) is 186 Å². The Bertz CT molecular complexity index is 4310. The van der Waals surface area contributed by atoms with E-state index in [1.165, 1.54) is 77.5 Å². The second kappa shape index (κ2) is 35.4. The minimum Gasteiger partial charge on any atom is -0.857 e. The molecule has 0 saturated carbocycles. The van der Waals surface area contributed by atoms with Crippen molar-refractivity contribution in [2.75, 3.05) is 53.7 Å². The average molecular weight is 1630 g/mol. The number of allylic oxidation sites excluding steroid dienone is 3. The van der Waals surface area contributed by atoms with E-state index in [-0.39, 0.29) is 85.7 Å². The Balaban J connectivity index is 0.000000196. The van der Waals surface area contributed by atoms with Crippen LogP contribution in [0.4, 0.5) is 13.2 Å². The van der Waals surface area contributed by atoms with E-state index in [0.29, 0.717) is 105 Å². The number of fused-ring (bicyclic) bond motifs is 3. The van der Waals surface area contributed by atoms with Crippen molar-refractivity contribution in [3.8, 4) is 6.07 Å². The Kier molecular flexibility index (Phi) is 28.3. The third-order valence-electron chi connectivity index (χ3n) is 15.0. The summed E-state index contributed by atoms with van der Waals surface area (Å²) in [6.07, 6.45) is 6.04. The zero-order chi connectivity index (χ0) is 70.6. The Morgan fingerprint density at radius 2 is 0.929 bits per heavy atom. The van der Waals surface area contributed by atoms with Gasteiger partial charge in [-0.1, -0.05) is 66.0 Å². The summed E-state index contributed by atoms with van der Waals surface area (Å²) < 4.78 is 95.3. The summed E-state index contributed by atoms with van der Waals surface area (Å²) in [7, 11) is -2.45. The first-order chi connectivity index (χ1) is 46.4. The normalized spacial score (nSPS) is 19.6. The molecule has 3 fully saturated rings. The fourth-order valence-electron chi connectivity index (χ4n) is 11.1. The molecule has 36 heteroatoms. The number of thiazole rings is 3. The fraction of sp³-hybridized carbons (Fsp3) is 0.323. The quantitative estimate of drug-likeness (QED) is 0.0203. The summed E-state index contributed by atoms with van der Waals surface area (Å²) >= 11 is 14.4. The van der Waals surface area contributed by atoms with E-state index in [4.69, 9.17) is 62.0 Å². The van der Waals surface area contributed by atoms with Crippen LogP contribution >= 0.6 is 81.8 Å². The zero-order valence-electron chi connectivity index (χ0n) is 52.7. The van der Waals surface area contributed by atoms with E-state index in [9.17, 15) is 42.7 Å².